The second-order valence-electron chi connectivity index (χ2n) is 8.47. The van der Waals surface area contributed by atoms with E-state index in [9.17, 15) is 9.59 Å². The highest BCUT2D eigenvalue weighted by atomic mass is 16.6. The number of amides is 1. The zero-order valence-corrected chi connectivity index (χ0v) is 17.3. The standard InChI is InChI=1S/C20H36N4O4/c1-3-16(15-6-8-21-9-7-15)17-13-24(18-14-22(2)20(27)28-18)12-11-23(17)10-4-5-19(25)26/h15-18,21H,3-14H2,1-2H3,(H,25,26). The molecule has 1 amide bonds. The van der Waals surface area contributed by atoms with Gasteiger partial charge >= 0.3 is 12.1 Å². The van der Waals surface area contributed by atoms with E-state index in [0.29, 0.717) is 30.8 Å². The van der Waals surface area contributed by atoms with Crippen LogP contribution in [-0.4, -0.2) is 97.0 Å². The van der Waals surface area contributed by atoms with Crippen molar-refractivity contribution in [1.82, 2.24) is 20.0 Å². The number of carbonyl (C=O) groups is 2. The number of carbonyl (C=O) groups excluding carboxylic acids is 1. The van der Waals surface area contributed by atoms with Gasteiger partial charge in [-0.1, -0.05) is 13.3 Å². The van der Waals surface area contributed by atoms with Gasteiger partial charge in [0.15, 0.2) is 6.23 Å². The second kappa shape index (κ2) is 9.89. The van der Waals surface area contributed by atoms with Crippen molar-refractivity contribution in [3.63, 3.8) is 0 Å². The van der Waals surface area contributed by atoms with Crippen LogP contribution in [0.4, 0.5) is 4.79 Å². The van der Waals surface area contributed by atoms with Crippen LogP contribution in [-0.2, 0) is 9.53 Å². The Hall–Kier alpha value is -1.38. The molecule has 0 saturated carbocycles. The molecule has 3 saturated heterocycles. The summed E-state index contributed by atoms with van der Waals surface area (Å²) in [4.78, 5) is 29.3. The number of nitrogens with zero attached hydrogens (tertiary/aromatic N) is 3. The molecule has 0 aromatic carbocycles. The summed E-state index contributed by atoms with van der Waals surface area (Å²) in [5.74, 6) is 0.568. The van der Waals surface area contributed by atoms with Crippen molar-refractivity contribution in [3.05, 3.63) is 0 Å². The van der Waals surface area contributed by atoms with Gasteiger partial charge in [0.1, 0.15) is 0 Å². The normalized spacial score (nSPS) is 29.1. The summed E-state index contributed by atoms with van der Waals surface area (Å²) in [7, 11) is 1.78. The molecule has 0 aromatic heterocycles. The average molecular weight is 397 g/mol. The molecule has 28 heavy (non-hydrogen) atoms. The van der Waals surface area contributed by atoms with Gasteiger partial charge in [-0.3, -0.25) is 14.6 Å². The third kappa shape index (κ3) is 5.15. The number of piperazine rings is 1. The predicted molar refractivity (Wildman–Crippen MR) is 106 cm³/mol. The molecule has 160 valence electrons. The fourth-order valence-corrected chi connectivity index (χ4v) is 5.18. The molecule has 8 heteroatoms. The first-order chi connectivity index (χ1) is 13.5. The van der Waals surface area contributed by atoms with Gasteiger partial charge in [0, 0.05) is 39.1 Å². The van der Waals surface area contributed by atoms with Gasteiger partial charge in [0.25, 0.3) is 0 Å². The van der Waals surface area contributed by atoms with E-state index in [-0.39, 0.29) is 18.7 Å². The zero-order chi connectivity index (χ0) is 20.1. The second-order valence-corrected chi connectivity index (χ2v) is 8.47. The van der Waals surface area contributed by atoms with Crippen molar-refractivity contribution in [2.75, 3.05) is 52.9 Å². The number of likely N-dealkylation sites (N-methyl/N-ethyl adjacent to an activating group) is 1. The van der Waals surface area contributed by atoms with Crippen molar-refractivity contribution in [3.8, 4) is 0 Å². The van der Waals surface area contributed by atoms with Crippen LogP contribution in [0.1, 0.15) is 39.0 Å². The third-order valence-corrected chi connectivity index (χ3v) is 6.74. The Balaban J connectivity index is 1.69. The summed E-state index contributed by atoms with van der Waals surface area (Å²) in [6.07, 6.45) is 4.06. The van der Waals surface area contributed by atoms with Gasteiger partial charge in [-0.05, 0) is 50.7 Å². The van der Waals surface area contributed by atoms with E-state index < -0.39 is 5.97 Å². The number of hydrogen-bond acceptors (Lipinski definition) is 6. The first-order valence-electron chi connectivity index (χ1n) is 10.8. The van der Waals surface area contributed by atoms with Crippen LogP contribution >= 0.6 is 0 Å². The smallest absolute Gasteiger partial charge is 0.411 e. The first kappa shape index (κ1) is 21.3. The van der Waals surface area contributed by atoms with Crippen molar-refractivity contribution in [2.45, 2.75) is 51.3 Å². The van der Waals surface area contributed by atoms with Crippen molar-refractivity contribution in [2.24, 2.45) is 11.8 Å². The minimum Gasteiger partial charge on any atom is -0.481 e. The summed E-state index contributed by atoms with van der Waals surface area (Å²) < 4.78 is 5.57. The van der Waals surface area contributed by atoms with Crippen LogP contribution in [0.25, 0.3) is 0 Å². The summed E-state index contributed by atoms with van der Waals surface area (Å²) in [5, 5.41) is 12.5. The number of piperidine rings is 1. The lowest BCUT2D eigenvalue weighted by Gasteiger charge is -2.48. The number of carboxylic acids is 1. The van der Waals surface area contributed by atoms with Crippen LogP contribution in [0.15, 0.2) is 0 Å². The largest absolute Gasteiger partial charge is 0.481 e. The fraction of sp³-hybridized carbons (Fsp3) is 0.900. The lowest BCUT2D eigenvalue weighted by atomic mass is 9.77. The highest BCUT2D eigenvalue weighted by molar-refractivity contribution is 5.69. The lowest BCUT2D eigenvalue weighted by molar-refractivity contribution is -0.137. The zero-order valence-electron chi connectivity index (χ0n) is 17.3. The van der Waals surface area contributed by atoms with Gasteiger partial charge in [-0.2, -0.15) is 0 Å². The molecule has 0 aliphatic carbocycles. The van der Waals surface area contributed by atoms with E-state index in [1.54, 1.807) is 11.9 Å². The van der Waals surface area contributed by atoms with E-state index in [0.717, 1.165) is 45.7 Å². The maximum Gasteiger partial charge on any atom is 0.411 e. The summed E-state index contributed by atoms with van der Waals surface area (Å²) in [6, 6.07) is 0.389. The van der Waals surface area contributed by atoms with Gasteiger partial charge in [-0.25, -0.2) is 4.79 Å². The number of nitrogens with one attached hydrogen (secondary N) is 1. The van der Waals surface area contributed by atoms with Gasteiger partial charge < -0.3 is 20.1 Å². The molecule has 3 aliphatic heterocycles. The summed E-state index contributed by atoms with van der Waals surface area (Å²) in [5.41, 5.74) is 0. The first-order valence-corrected chi connectivity index (χ1v) is 10.8. The molecule has 3 unspecified atom stereocenters. The molecule has 3 rings (SSSR count). The average Bonchev–Trinajstić information content (AvgIpc) is 3.02. The van der Waals surface area contributed by atoms with Crippen LogP contribution < -0.4 is 5.32 Å². The van der Waals surface area contributed by atoms with Crippen molar-refractivity contribution in [1.29, 1.82) is 0 Å². The molecule has 3 fully saturated rings. The van der Waals surface area contributed by atoms with Crippen LogP contribution in [0.5, 0.6) is 0 Å². The molecule has 3 heterocycles. The van der Waals surface area contributed by atoms with Crippen LogP contribution in [0, 0.1) is 11.8 Å². The maximum absolute atomic E-state index is 11.8. The Morgan fingerprint density at radius 3 is 2.64 bits per heavy atom. The molecule has 2 N–H and O–H groups in total. The number of cyclic esters (lactones) is 1. The van der Waals surface area contributed by atoms with E-state index in [2.05, 4.69) is 22.0 Å². The summed E-state index contributed by atoms with van der Waals surface area (Å²) in [6.45, 7) is 8.56. The van der Waals surface area contributed by atoms with Crippen LogP contribution in [0.3, 0.4) is 0 Å². The van der Waals surface area contributed by atoms with Crippen molar-refractivity contribution < 1.29 is 19.4 Å². The third-order valence-electron chi connectivity index (χ3n) is 6.74. The molecule has 0 aromatic rings. The Morgan fingerprint density at radius 1 is 1.29 bits per heavy atom. The van der Waals surface area contributed by atoms with Gasteiger partial charge in [0.2, 0.25) is 0 Å². The molecule has 0 radical (unpaired) electrons. The number of ether oxygens (including phenoxy) is 1. The van der Waals surface area contributed by atoms with Crippen molar-refractivity contribution >= 4 is 12.1 Å². The number of aliphatic carboxylic acids is 1. The van der Waals surface area contributed by atoms with E-state index >= 15 is 0 Å². The molecule has 0 spiro atoms. The monoisotopic (exact) mass is 396 g/mol. The Morgan fingerprint density at radius 2 is 2.04 bits per heavy atom. The topological polar surface area (TPSA) is 85.4 Å². The minimum absolute atomic E-state index is 0.160. The predicted octanol–water partition coefficient (Wildman–Crippen LogP) is 1.27. The Labute approximate surface area is 168 Å². The molecular weight excluding hydrogens is 360 g/mol. The van der Waals surface area contributed by atoms with E-state index in [4.69, 9.17) is 9.84 Å². The minimum atomic E-state index is -0.721. The number of hydrogen-bond donors (Lipinski definition) is 2. The van der Waals surface area contributed by atoms with Gasteiger partial charge in [-0.15, -0.1) is 0 Å². The van der Waals surface area contributed by atoms with Gasteiger partial charge in [0.05, 0.1) is 6.54 Å². The molecule has 3 aliphatic rings. The molecule has 3 atom stereocenters. The summed E-state index contributed by atoms with van der Waals surface area (Å²) >= 11 is 0. The highest BCUT2D eigenvalue weighted by Gasteiger charge is 2.41. The highest BCUT2D eigenvalue weighted by Crippen LogP contribution is 2.33. The van der Waals surface area contributed by atoms with Crippen LogP contribution in [0.2, 0.25) is 0 Å². The Bertz CT molecular complexity index is 540. The quantitative estimate of drug-likeness (QED) is 0.639. The number of carboxylic acid groups (broad SMARTS) is 1. The molecule has 0 bridgehead atoms. The molecular formula is C20H36N4O4. The maximum atomic E-state index is 11.8. The fourth-order valence-electron chi connectivity index (χ4n) is 5.18. The van der Waals surface area contributed by atoms with E-state index in [1.165, 1.54) is 12.8 Å². The number of rotatable bonds is 8. The molecule has 8 nitrogen and oxygen atoms in total. The lowest BCUT2D eigenvalue weighted by Crippen LogP contribution is -2.60. The SMILES string of the molecule is CCC(C1CCNCC1)C1CN(C2CN(C)C(=O)O2)CCN1CCCC(=O)O. The van der Waals surface area contributed by atoms with E-state index in [1.807, 2.05) is 0 Å². The Kier molecular flexibility index (Phi) is 7.54.